The van der Waals surface area contributed by atoms with Gasteiger partial charge in [0.15, 0.2) is 0 Å². The second-order valence-corrected chi connectivity index (χ2v) is 4.11. The Hall–Kier alpha value is -0.860. The molecule has 1 aromatic carbocycles. The fraction of sp³-hybridized carbons (Fsp3) is 0.538. The lowest BCUT2D eigenvalue weighted by Crippen LogP contribution is -2.41. The van der Waals surface area contributed by atoms with Crippen molar-refractivity contribution in [3.05, 3.63) is 35.9 Å². The van der Waals surface area contributed by atoms with Gasteiger partial charge < -0.3 is 5.11 Å². The van der Waals surface area contributed by atoms with E-state index in [0.717, 1.165) is 24.9 Å². The molecule has 1 saturated heterocycles. The lowest BCUT2D eigenvalue weighted by Gasteiger charge is -2.34. The van der Waals surface area contributed by atoms with E-state index < -0.39 is 0 Å². The van der Waals surface area contributed by atoms with Gasteiger partial charge in [-0.3, -0.25) is 4.90 Å². The number of benzene rings is 1. The Labute approximate surface area is 92.9 Å². The van der Waals surface area contributed by atoms with Crippen LogP contribution in [0.3, 0.4) is 0 Å². The molecular weight excluding hydrogens is 186 g/mol. The maximum absolute atomic E-state index is 9.33. The molecule has 0 amide bonds. The van der Waals surface area contributed by atoms with Crippen LogP contribution in [0.25, 0.3) is 0 Å². The molecule has 0 bridgehead atoms. The molecule has 0 aliphatic carbocycles. The van der Waals surface area contributed by atoms with Gasteiger partial charge in [-0.25, -0.2) is 0 Å². The number of hydrogen-bond acceptors (Lipinski definition) is 2. The van der Waals surface area contributed by atoms with E-state index in [-0.39, 0.29) is 19.2 Å². The van der Waals surface area contributed by atoms with Crippen LogP contribution >= 0.6 is 0 Å². The number of hydrogen-bond donors (Lipinski definition) is 1. The van der Waals surface area contributed by atoms with E-state index in [4.69, 9.17) is 1.37 Å². The average molecular weight is 206 g/mol. The molecule has 2 heteroatoms. The minimum Gasteiger partial charge on any atom is -0.395 e. The van der Waals surface area contributed by atoms with Crippen LogP contribution in [0.1, 0.15) is 26.2 Å². The Morgan fingerprint density at radius 2 is 2.13 bits per heavy atom. The summed E-state index contributed by atoms with van der Waals surface area (Å²) in [6.45, 7) is 0.759. The number of aliphatic hydroxyl groups is 1. The first-order valence-corrected chi connectivity index (χ1v) is 5.66. The summed E-state index contributed by atoms with van der Waals surface area (Å²) in [6.07, 6.45) is 3.32. The van der Waals surface area contributed by atoms with Gasteiger partial charge >= 0.3 is 0 Å². The normalized spacial score (nSPS) is 25.9. The number of likely N-dealkylation sites (tertiary alicyclic amines) is 1. The zero-order valence-electron chi connectivity index (χ0n) is 9.97. The fourth-order valence-electron chi connectivity index (χ4n) is 2.12. The molecule has 0 spiro atoms. The summed E-state index contributed by atoms with van der Waals surface area (Å²) in [5.41, 5.74) is 1.02. The molecule has 82 valence electrons. The van der Waals surface area contributed by atoms with Gasteiger partial charge in [0, 0.05) is 13.9 Å². The average Bonchev–Trinajstić information content (AvgIpc) is 2.39. The van der Waals surface area contributed by atoms with Crippen LogP contribution in [0, 0.1) is 0 Å². The van der Waals surface area contributed by atoms with Crippen molar-refractivity contribution in [2.24, 2.45) is 0 Å². The third kappa shape index (κ3) is 2.80. The predicted molar refractivity (Wildman–Crippen MR) is 61.6 cm³/mol. The number of rotatable bonds is 3. The molecule has 0 saturated carbocycles. The Balaban J connectivity index is 2.10. The maximum Gasteiger partial charge on any atom is 0.0586 e. The number of nitrogens with zero attached hydrogens (tertiary/aromatic N) is 1. The monoisotopic (exact) mass is 206 g/mol. The molecular formula is C13H19NO. The Morgan fingerprint density at radius 3 is 2.87 bits per heavy atom. The molecule has 1 aliphatic heterocycles. The van der Waals surface area contributed by atoms with Crippen molar-refractivity contribution < 1.29 is 6.48 Å². The quantitative estimate of drug-likeness (QED) is 0.818. The van der Waals surface area contributed by atoms with Crippen molar-refractivity contribution in [3.63, 3.8) is 0 Å². The highest BCUT2D eigenvalue weighted by Gasteiger charge is 2.21. The van der Waals surface area contributed by atoms with Crippen LogP contribution in [0.5, 0.6) is 0 Å². The van der Waals surface area contributed by atoms with Gasteiger partial charge in [-0.2, -0.15) is 0 Å². The van der Waals surface area contributed by atoms with Crippen LogP contribution in [0.4, 0.5) is 0 Å². The van der Waals surface area contributed by atoms with E-state index in [0.29, 0.717) is 0 Å². The van der Waals surface area contributed by atoms with Crippen molar-refractivity contribution in [1.29, 1.82) is 0 Å². The van der Waals surface area contributed by atoms with Gasteiger partial charge in [0.2, 0.25) is 0 Å². The van der Waals surface area contributed by atoms with E-state index in [1.165, 1.54) is 6.42 Å². The third-order valence-electron chi connectivity index (χ3n) is 3.00. The molecule has 1 aromatic rings. The summed E-state index contributed by atoms with van der Waals surface area (Å²) < 4.78 is 8.26. The first-order valence-electron chi connectivity index (χ1n) is 6.24. The maximum atomic E-state index is 9.33. The van der Waals surface area contributed by atoms with Gasteiger partial charge in [0.25, 0.3) is 0 Å². The van der Waals surface area contributed by atoms with Crippen molar-refractivity contribution in [1.82, 2.24) is 4.90 Å². The first kappa shape index (κ1) is 9.37. The van der Waals surface area contributed by atoms with Crippen LogP contribution < -0.4 is 0 Å². The summed E-state index contributed by atoms with van der Waals surface area (Å²) in [7, 11) is 0. The third-order valence-corrected chi connectivity index (χ3v) is 3.00. The van der Waals surface area contributed by atoms with Gasteiger partial charge in [-0.15, -0.1) is 0 Å². The molecule has 1 heterocycles. The highest BCUT2D eigenvalue weighted by Crippen LogP contribution is 2.18. The number of piperidine rings is 1. The van der Waals surface area contributed by atoms with E-state index in [2.05, 4.69) is 4.90 Å². The van der Waals surface area contributed by atoms with Crippen LogP contribution in [-0.4, -0.2) is 29.2 Å². The molecule has 1 aliphatic rings. The number of aliphatic hydroxyl groups excluding tert-OH is 1. The van der Waals surface area contributed by atoms with Crippen molar-refractivity contribution in [2.75, 3.05) is 13.2 Å². The minimum atomic E-state index is -0.335. The van der Waals surface area contributed by atoms with Crippen LogP contribution in [-0.2, 0) is 6.52 Å². The first-order chi connectivity index (χ1) is 7.83. The van der Waals surface area contributed by atoms with E-state index >= 15 is 0 Å². The molecule has 2 rings (SSSR count). The Kier molecular flexibility index (Phi) is 3.30. The Bertz CT molecular complexity index is 317. The summed E-state index contributed by atoms with van der Waals surface area (Å²) in [5.74, 6) is 0. The largest absolute Gasteiger partial charge is 0.395 e. The van der Waals surface area contributed by atoms with E-state index in [1.807, 2.05) is 30.3 Å². The highest BCUT2D eigenvalue weighted by atomic mass is 16.3. The summed E-state index contributed by atoms with van der Waals surface area (Å²) in [6, 6.07) is 10.0. The zero-order chi connectivity index (χ0) is 11.4. The van der Waals surface area contributed by atoms with Crippen molar-refractivity contribution in [2.45, 2.75) is 31.8 Å². The molecule has 2 atom stereocenters. The van der Waals surface area contributed by atoms with E-state index in [9.17, 15) is 5.11 Å². The van der Waals surface area contributed by atoms with Crippen molar-refractivity contribution >= 4 is 0 Å². The lowest BCUT2D eigenvalue weighted by molar-refractivity contribution is 0.0841. The lowest BCUT2D eigenvalue weighted by atomic mass is 10.0. The molecule has 1 fully saturated rings. The van der Waals surface area contributed by atoms with Crippen molar-refractivity contribution in [3.8, 4) is 0 Å². The molecule has 0 aromatic heterocycles. The SMILES string of the molecule is [2H][C@H](c1ccccc1)N1CCCC[C@H]1CO. The fourth-order valence-corrected chi connectivity index (χ4v) is 2.12. The summed E-state index contributed by atoms with van der Waals surface area (Å²) in [4.78, 5) is 2.11. The molecule has 0 radical (unpaired) electrons. The molecule has 2 nitrogen and oxygen atoms in total. The second-order valence-electron chi connectivity index (χ2n) is 4.11. The molecule has 15 heavy (non-hydrogen) atoms. The van der Waals surface area contributed by atoms with Gasteiger partial charge in [-0.1, -0.05) is 36.8 Å². The molecule has 0 unspecified atom stereocenters. The smallest absolute Gasteiger partial charge is 0.0586 e. The predicted octanol–water partition coefficient (Wildman–Crippen LogP) is 2.03. The van der Waals surface area contributed by atoms with Crippen LogP contribution in [0.2, 0.25) is 0 Å². The standard InChI is InChI=1S/C13H19NO/c15-11-13-8-4-5-9-14(13)10-12-6-2-1-3-7-12/h1-3,6-7,13,15H,4-5,8-11H2/t13-/m0/s1/i10D/t10-,13+/m1. The van der Waals surface area contributed by atoms with Gasteiger partial charge in [0.05, 0.1) is 6.61 Å². The molecule has 1 N–H and O–H groups in total. The Morgan fingerprint density at radius 1 is 1.33 bits per heavy atom. The van der Waals surface area contributed by atoms with E-state index in [1.54, 1.807) is 0 Å². The second kappa shape index (κ2) is 5.29. The van der Waals surface area contributed by atoms with Gasteiger partial charge in [-0.05, 0) is 24.9 Å². The topological polar surface area (TPSA) is 23.5 Å². The summed E-state index contributed by atoms with van der Waals surface area (Å²) >= 11 is 0. The zero-order valence-corrected chi connectivity index (χ0v) is 8.97. The minimum absolute atomic E-state index is 0.163. The summed E-state index contributed by atoms with van der Waals surface area (Å²) in [5, 5.41) is 9.33. The van der Waals surface area contributed by atoms with Gasteiger partial charge in [0.1, 0.15) is 0 Å². The highest BCUT2D eigenvalue weighted by molar-refractivity contribution is 5.14. The van der Waals surface area contributed by atoms with Crippen LogP contribution in [0.15, 0.2) is 30.3 Å².